The van der Waals surface area contributed by atoms with Crippen LogP contribution < -0.4 is 5.63 Å². The molecule has 2 aromatic heterocycles. The van der Waals surface area contributed by atoms with Crippen molar-refractivity contribution in [1.29, 1.82) is 0 Å². The maximum Gasteiger partial charge on any atom is 0.336 e. The third kappa shape index (κ3) is 3.38. The van der Waals surface area contributed by atoms with Gasteiger partial charge in [-0.3, -0.25) is 14.9 Å². The number of rotatable bonds is 5. The molecule has 7 nitrogen and oxygen atoms in total. The molecule has 3 aromatic carbocycles. The van der Waals surface area contributed by atoms with E-state index in [-0.39, 0.29) is 17.0 Å². The maximum absolute atomic E-state index is 13.3. The van der Waals surface area contributed by atoms with Crippen molar-refractivity contribution >= 4 is 33.4 Å². The normalized spacial score (nSPS) is 11.2. The van der Waals surface area contributed by atoms with Crippen LogP contribution in [0.1, 0.15) is 34.2 Å². The summed E-state index contributed by atoms with van der Waals surface area (Å²) < 4.78 is 11.7. The first kappa shape index (κ1) is 21.3. The number of fused-ring (bicyclic) bond motifs is 3. The number of benzene rings is 3. The van der Waals surface area contributed by atoms with E-state index in [1.807, 2.05) is 43.3 Å². The van der Waals surface area contributed by atoms with Gasteiger partial charge in [-0.2, -0.15) is 0 Å². The summed E-state index contributed by atoms with van der Waals surface area (Å²) in [7, 11) is 0. The summed E-state index contributed by atoms with van der Waals surface area (Å²) in [6, 6.07) is 18.3. The molecule has 0 amide bonds. The summed E-state index contributed by atoms with van der Waals surface area (Å²) in [5.41, 5.74) is 3.56. The molecular formula is C27H19NO6. The van der Waals surface area contributed by atoms with Gasteiger partial charge < -0.3 is 8.83 Å². The van der Waals surface area contributed by atoms with E-state index in [1.165, 1.54) is 30.3 Å². The van der Waals surface area contributed by atoms with E-state index >= 15 is 0 Å². The average Bonchev–Trinajstić information content (AvgIpc) is 3.20. The maximum atomic E-state index is 13.3. The first-order valence-electron chi connectivity index (χ1n) is 10.8. The number of aryl methyl sites for hydroxylation is 2. The van der Waals surface area contributed by atoms with Crippen LogP contribution >= 0.6 is 0 Å². The minimum absolute atomic E-state index is 0.104. The largest absolute Gasteiger partial charge is 0.452 e. The van der Waals surface area contributed by atoms with Crippen LogP contribution in [0.2, 0.25) is 0 Å². The van der Waals surface area contributed by atoms with Crippen LogP contribution in [0, 0.1) is 17.0 Å². The van der Waals surface area contributed by atoms with E-state index in [9.17, 15) is 19.7 Å². The van der Waals surface area contributed by atoms with Gasteiger partial charge in [0.15, 0.2) is 5.76 Å². The predicted molar refractivity (Wildman–Crippen MR) is 128 cm³/mol. The first-order valence-corrected chi connectivity index (χ1v) is 10.8. The van der Waals surface area contributed by atoms with Crippen molar-refractivity contribution in [2.45, 2.75) is 20.3 Å². The van der Waals surface area contributed by atoms with Crippen LogP contribution in [-0.2, 0) is 6.42 Å². The highest BCUT2D eigenvalue weighted by Gasteiger charge is 2.25. The summed E-state index contributed by atoms with van der Waals surface area (Å²) in [6.07, 6.45) is 0.637. The summed E-state index contributed by atoms with van der Waals surface area (Å²) >= 11 is 0. The second-order valence-electron chi connectivity index (χ2n) is 8.00. The molecule has 0 spiro atoms. The number of furan rings is 1. The number of nitrogens with zero attached hydrogens (tertiary/aromatic N) is 1. The molecule has 2 heterocycles. The zero-order chi connectivity index (χ0) is 24.0. The minimum Gasteiger partial charge on any atom is -0.452 e. The van der Waals surface area contributed by atoms with Gasteiger partial charge >= 0.3 is 5.63 Å². The van der Waals surface area contributed by atoms with Crippen molar-refractivity contribution in [3.8, 4) is 11.1 Å². The van der Waals surface area contributed by atoms with E-state index in [0.717, 1.165) is 22.1 Å². The Labute approximate surface area is 193 Å². The lowest BCUT2D eigenvalue weighted by Gasteiger charge is -2.09. The number of nitro benzene ring substituents is 1. The summed E-state index contributed by atoms with van der Waals surface area (Å²) in [4.78, 5) is 36.2. The Bertz CT molecular complexity index is 1640. The fraction of sp³-hybridized carbons (Fsp3) is 0.111. The number of non-ortho nitro benzene ring substituents is 1. The molecule has 0 aliphatic heterocycles. The van der Waals surface area contributed by atoms with Crippen LogP contribution in [0.4, 0.5) is 5.69 Å². The Morgan fingerprint density at radius 2 is 1.68 bits per heavy atom. The van der Waals surface area contributed by atoms with Crippen LogP contribution in [0.15, 0.2) is 80.4 Å². The van der Waals surface area contributed by atoms with Gasteiger partial charge in [0.2, 0.25) is 5.78 Å². The van der Waals surface area contributed by atoms with Gasteiger partial charge in [0.05, 0.1) is 10.3 Å². The van der Waals surface area contributed by atoms with Gasteiger partial charge in [-0.25, -0.2) is 4.79 Å². The van der Waals surface area contributed by atoms with Gasteiger partial charge in [0.25, 0.3) is 5.69 Å². The van der Waals surface area contributed by atoms with Crippen LogP contribution in [0.25, 0.3) is 33.1 Å². The lowest BCUT2D eigenvalue weighted by molar-refractivity contribution is -0.384. The first-order chi connectivity index (χ1) is 16.4. The number of carbonyl (C=O) groups excluding carboxylic acids is 1. The predicted octanol–water partition coefficient (Wildman–Crippen LogP) is 6.22. The molecular weight excluding hydrogens is 434 g/mol. The quantitative estimate of drug-likeness (QED) is 0.135. The van der Waals surface area contributed by atoms with Crippen molar-refractivity contribution < 1.29 is 18.6 Å². The van der Waals surface area contributed by atoms with E-state index in [0.29, 0.717) is 28.5 Å². The Morgan fingerprint density at radius 1 is 0.971 bits per heavy atom. The summed E-state index contributed by atoms with van der Waals surface area (Å²) in [5.74, 6) is -0.292. The Hall–Kier alpha value is -4.52. The molecule has 0 aliphatic carbocycles. The van der Waals surface area contributed by atoms with Gasteiger partial charge in [0.1, 0.15) is 11.2 Å². The smallest absolute Gasteiger partial charge is 0.336 e. The van der Waals surface area contributed by atoms with Crippen molar-refractivity contribution in [3.05, 3.63) is 110 Å². The van der Waals surface area contributed by atoms with Crippen LogP contribution in [0.5, 0.6) is 0 Å². The highest BCUT2D eigenvalue weighted by Crippen LogP contribution is 2.39. The van der Waals surface area contributed by atoms with E-state index < -0.39 is 16.3 Å². The van der Waals surface area contributed by atoms with Gasteiger partial charge in [-0.05, 0) is 48.2 Å². The minimum atomic E-state index is -0.521. The zero-order valence-corrected chi connectivity index (χ0v) is 18.5. The van der Waals surface area contributed by atoms with Gasteiger partial charge in [-0.15, -0.1) is 0 Å². The molecule has 5 rings (SSSR count). The van der Waals surface area contributed by atoms with Crippen molar-refractivity contribution in [1.82, 2.24) is 0 Å². The summed E-state index contributed by atoms with van der Waals surface area (Å²) in [6.45, 7) is 3.73. The molecule has 0 radical (unpaired) electrons. The van der Waals surface area contributed by atoms with Crippen LogP contribution in [-0.4, -0.2) is 10.7 Å². The third-order valence-electron chi connectivity index (χ3n) is 6.00. The van der Waals surface area contributed by atoms with Gasteiger partial charge in [0, 0.05) is 34.7 Å². The molecule has 0 atom stereocenters. The number of ketones is 1. The highest BCUT2D eigenvalue weighted by molar-refractivity contribution is 6.16. The Morgan fingerprint density at radius 3 is 2.32 bits per heavy atom. The van der Waals surface area contributed by atoms with E-state index in [2.05, 4.69) is 0 Å². The molecule has 5 aromatic rings. The van der Waals surface area contributed by atoms with Crippen molar-refractivity contribution in [2.24, 2.45) is 0 Å². The monoisotopic (exact) mass is 453 g/mol. The lowest BCUT2D eigenvalue weighted by atomic mass is 9.96. The fourth-order valence-corrected chi connectivity index (χ4v) is 4.29. The van der Waals surface area contributed by atoms with Gasteiger partial charge in [-0.1, -0.05) is 37.3 Å². The Kier molecular flexibility index (Phi) is 5.09. The topological polar surface area (TPSA) is 104 Å². The zero-order valence-electron chi connectivity index (χ0n) is 18.5. The lowest BCUT2D eigenvalue weighted by Crippen LogP contribution is -2.02. The second kappa shape index (κ2) is 8.12. The fourth-order valence-electron chi connectivity index (χ4n) is 4.29. The van der Waals surface area contributed by atoms with Crippen molar-refractivity contribution in [2.75, 3.05) is 0 Å². The molecule has 0 bridgehead atoms. The molecule has 0 saturated carbocycles. The summed E-state index contributed by atoms with van der Waals surface area (Å²) in [5, 5.41) is 12.3. The molecule has 0 fully saturated rings. The number of carbonyl (C=O) groups is 1. The Balaban J connectivity index is 1.78. The molecule has 0 unspecified atom stereocenters. The molecule has 0 N–H and O–H groups in total. The molecule has 7 heteroatoms. The number of nitro groups is 1. The second-order valence-corrected chi connectivity index (χ2v) is 8.00. The standard InChI is InChI=1S/C27H19NO6/c1-3-16-13-21-20(17-7-5-4-6-8-17)14-22(29)33-27(21)23-15(2)25(34-26(16)23)24(30)18-9-11-19(12-10-18)28(31)32/h4-14H,3H2,1-2H3. The molecule has 34 heavy (non-hydrogen) atoms. The van der Waals surface area contributed by atoms with E-state index in [4.69, 9.17) is 8.83 Å². The molecule has 0 aliphatic rings. The van der Waals surface area contributed by atoms with Crippen LogP contribution in [0.3, 0.4) is 0 Å². The molecule has 168 valence electrons. The molecule has 0 saturated heterocycles. The SMILES string of the molecule is CCc1cc2c(-c3ccccc3)cc(=O)oc2c2c(C)c(C(=O)c3ccc([N+](=O)[O-])cc3)oc12. The van der Waals surface area contributed by atoms with Crippen molar-refractivity contribution in [3.63, 3.8) is 0 Å². The van der Waals surface area contributed by atoms with E-state index in [1.54, 1.807) is 6.92 Å². The third-order valence-corrected chi connectivity index (χ3v) is 6.00. The number of hydrogen-bond acceptors (Lipinski definition) is 6. The average molecular weight is 453 g/mol. The number of hydrogen-bond donors (Lipinski definition) is 0. The highest BCUT2D eigenvalue weighted by atomic mass is 16.6.